The Balaban J connectivity index is 1.98. The lowest BCUT2D eigenvalue weighted by molar-refractivity contribution is 0.162. The number of hydrogen-bond donors (Lipinski definition) is 0. The Morgan fingerprint density at radius 1 is 1.05 bits per heavy atom. The summed E-state index contributed by atoms with van der Waals surface area (Å²) in [6.45, 7) is 0. The van der Waals surface area contributed by atoms with Gasteiger partial charge >= 0.3 is 5.30 Å². The molecule has 0 aliphatic rings. The summed E-state index contributed by atoms with van der Waals surface area (Å²) in [7, 11) is 0. The van der Waals surface area contributed by atoms with Crippen molar-refractivity contribution in [1.82, 2.24) is 0 Å². The topological polar surface area (TPSA) is 26.3 Å². The van der Waals surface area contributed by atoms with E-state index in [1.54, 1.807) is 48.5 Å². The second kappa shape index (κ2) is 7.23. The highest BCUT2D eigenvalue weighted by molar-refractivity contribution is 8.13. The van der Waals surface area contributed by atoms with Crippen molar-refractivity contribution in [3.8, 4) is 0 Å². The van der Waals surface area contributed by atoms with Gasteiger partial charge in [-0.2, -0.15) is 0 Å². The summed E-state index contributed by atoms with van der Waals surface area (Å²) in [6, 6.07) is 13.8. The molecule has 0 aromatic heterocycles. The molecule has 0 saturated carbocycles. The highest BCUT2D eigenvalue weighted by Gasteiger charge is 2.17. The highest BCUT2D eigenvalue weighted by Crippen LogP contribution is 2.31. The van der Waals surface area contributed by atoms with Crippen LogP contribution in [0.5, 0.6) is 0 Å². The number of carbonyl (C=O) groups is 1. The summed E-state index contributed by atoms with van der Waals surface area (Å²) in [5.41, 5.74) is -0.364. The molecule has 0 fully saturated rings. The fourth-order valence-corrected chi connectivity index (χ4v) is 2.78. The van der Waals surface area contributed by atoms with Gasteiger partial charge in [-0.3, -0.25) is 0 Å². The fourth-order valence-electron chi connectivity index (χ4n) is 1.43. The minimum atomic E-state index is -0.920. The van der Waals surface area contributed by atoms with Gasteiger partial charge in [-0.05, 0) is 42.1 Å². The van der Waals surface area contributed by atoms with E-state index in [4.69, 9.17) is 39.5 Å². The Morgan fingerprint density at radius 2 is 1.70 bits per heavy atom. The third-order valence-electron chi connectivity index (χ3n) is 2.36. The van der Waals surface area contributed by atoms with Crippen molar-refractivity contribution in [2.75, 3.05) is 0 Å². The van der Waals surface area contributed by atoms with E-state index in [1.807, 2.05) is 0 Å². The van der Waals surface area contributed by atoms with Gasteiger partial charge in [0.15, 0.2) is 0 Å². The molecule has 20 heavy (non-hydrogen) atoms. The molecule has 2 nitrogen and oxygen atoms in total. The number of rotatable bonds is 3. The lowest BCUT2D eigenvalue weighted by Gasteiger charge is -2.12. The molecule has 6 heteroatoms. The van der Waals surface area contributed by atoms with Crippen LogP contribution in [0.1, 0.15) is 11.1 Å². The van der Waals surface area contributed by atoms with Crippen molar-refractivity contribution in [3.63, 3.8) is 0 Å². The molecule has 0 bridgehead atoms. The van der Waals surface area contributed by atoms with Gasteiger partial charge in [0.1, 0.15) is 0 Å². The third-order valence-corrected chi connectivity index (χ3v) is 4.06. The first-order valence-electron chi connectivity index (χ1n) is 5.59. The zero-order chi connectivity index (χ0) is 14.5. The first-order chi connectivity index (χ1) is 9.56. The molecule has 1 unspecified atom stereocenters. The molecule has 0 spiro atoms. The Bertz CT molecular complexity index is 602. The molecule has 0 saturated heterocycles. The van der Waals surface area contributed by atoms with Gasteiger partial charge in [-0.15, -0.1) is 0 Å². The van der Waals surface area contributed by atoms with Gasteiger partial charge < -0.3 is 4.74 Å². The van der Waals surface area contributed by atoms with Crippen LogP contribution in [0, 0.1) is 0 Å². The number of hydrogen-bond acceptors (Lipinski definition) is 3. The zero-order valence-electron chi connectivity index (χ0n) is 10.1. The molecule has 0 radical (unpaired) electrons. The molecule has 2 aromatic carbocycles. The van der Waals surface area contributed by atoms with Gasteiger partial charge in [0, 0.05) is 20.5 Å². The second-order valence-corrected chi connectivity index (χ2v) is 6.01. The SMILES string of the molecule is O=C(OC(Cl)c1ccccc1Cl)Sc1ccc(Cl)cc1. The molecular formula is C14H9Cl3O2S. The summed E-state index contributed by atoms with van der Waals surface area (Å²) in [5.74, 6) is 0. The zero-order valence-corrected chi connectivity index (χ0v) is 13.1. The average Bonchev–Trinajstić information content (AvgIpc) is 2.41. The van der Waals surface area contributed by atoms with E-state index in [0.29, 0.717) is 15.6 Å². The van der Waals surface area contributed by atoms with Crippen LogP contribution in [-0.4, -0.2) is 5.30 Å². The van der Waals surface area contributed by atoms with Gasteiger partial charge in [-0.25, -0.2) is 4.79 Å². The van der Waals surface area contributed by atoms with Crippen LogP contribution in [0.25, 0.3) is 0 Å². The predicted molar refractivity (Wildman–Crippen MR) is 83.8 cm³/mol. The highest BCUT2D eigenvalue weighted by atomic mass is 35.5. The van der Waals surface area contributed by atoms with E-state index >= 15 is 0 Å². The van der Waals surface area contributed by atoms with Gasteiger partial charge in [0.05, 0.1) is 0 Å². The van der Waals surface area contributed by atoms with E-state index in [9.17, 15) is 4.79 Å². The first kappa shape index (κ1) is 15.5. The van der Waals surface area contributed by atoms with Crippen molar-refractivity contribution in [2.45, 2.75) is 10.5 Å². The lowest BCUT2D eigenvalue weighted by Crippen LogP contribution is -2.02. The van der Waals surface area contributed by atoms with Crippen LogP contribution in [-0.2, 0) is 4.74 Å². The van der Waals surface area contributed by atoms with E-state index in [0.717, 1.165) is 16.7 Å². The number of thioether (sulfide) groups is 1. The molecule has 1 atom stereocenters. The summed E-state index contributed by atoms with van der Waals surface area (Å²) in [6.07, 6.45) is 0. The Hall–Kier alpha value is -0.870. The molecule has 0 heterocycles. The molecular weight excluding hydrogens is 339 g/mol. The number of alkyl halides is 1. The van der Waals surface area contributed by atoms with E-state index in [2.05, 4.69) is 0 Å². The average molecular weight is 348 g/mol. The summed E-state index contributed by atoms with van der Waals surface area (Å²) >= 11 is 18.7. The molecule has 2 aromatic rings. The van der Waals surface area contributed by atoms with E-state index in [1.165, 1.54) is 0 Å². The molecule has 2 rings (SSSR count). The number of benzene rings is 2. The lowest BCUT2D eigenvalue weighted by atomic mass is 10.2. The molecule has 0 aliphatic heterocycles. The molecule has 0 N–H and O–H groups in total. The van der Waals surface area contributed by atoms with Crippen molar-refractivity contribution in [2.24, 2.45) is 0 Å². The Kier molecular flexibility index (Phi) is 5.61. The van der Waals surface area contributed by atoms with Crippen LogP contribution in [0.2, 0.25) is 10.0 Å². The van der Waals surface area contributed by atoms with Crippen molar-refractivity contribution >= 4 is 51.9 Å². The van der Waals surface area contributed by atoms with Crippen molar-refractivity contribution < 1.29 is 9.53 Å². The fraction of sp³-hybridized carbons (Fsp3) is 0.0714. The Morgan fingerprint density at radius 3 is 2.35 bits per heavy atom. The third kappa shape index (κ3) is 4.32. The van der Waals surface area contributed by atoms with Gasteiger partial charge in [0.2, 0.25) is 5.56 Å². The smallest absolute Gasteiger partial charge is 0.373 e. The van der Waals surface area contributed by atoms with Gasteiger partial charge in [-0.1, -0.05) is 53.0 Å². The van der Waals surface area contributed by atoms with E-state index < -0.39 is 10.9 Å². The minimum absolute atomic E-state index is 0.455. The monoisotopic (exact) mass is 346 g/mol. The van der Waals surface area contributed by atoms with Crippen LogP contribution < -0.4 is 0 Å². The molecule has 0 amide bonds. The van der Waals surface area contributed by atoms with Crippen LogP contribution in [0.15, 0.2) is 53.4 Å². The number of ether oxygens (including phenoxy) is 1. The number of halogens is 3. The second-order valence-electron chi connectivity index (χ2n) is 3.76. The maximum atomic E-state index is 11.8. The minimum Gasteiger partial charge on any atom is -0.433 e. The first-order valence-corrected chi connectivity index (χ1v) is 7.59. The summed E-state index contributed by atoms with van der Waals surface area (Å²) in [5, 5.41) is 0.554. The van der Waals surface area contributed by atoms with Crippen LogP contribution >= 0.6 is 46.6 Å². The maximum Gasteiger partial charge on any atom is 0.373 e. The standard InChI is InChI=1S/C14H9Cl3O2S/c15-9-5-7-10(8-6-9)20-14(18)19-13(17)11-3-1-2-4-12(11)16/h1-8,13H. The number of carbonyl (C=O) groups excluding carboxylic acids is 1. The summed E-state index contributed by atoms with van der Waals surface area (Å²) in [4.78, 5) is 12.5. The quantitative estimate of drug-likeness (QED) is 0.378. The predicted octanol–water partition coefficient (Wildman–Crippen LogP) is 6.16. The van der Waals surface area contributed by atoms with Crippen LogP contribution in [0.4, 0.5) is 4.79 Å². The van der Waals surface area contributed by atoms with Gasteiger partial charge in [0.25, 0.3) is 0 Å². The molecule has 0 aliphatic carbocycles. The largest absolute Gasteiger partial charge is 0.433 e. The van der Waals surface area contributed by atoms with Crippen molar-refractivity contribution in [1.29, 1.82) is 0 Å². The molecule has 104 valence electrons. The normalized spacial score (nSPS) is 11.9. The van der Waals surface area contributed by atoms with E-state index in [-0.39, 0.29) is 0 Å². The van der Waals surface area contributed by atoms with Crippen LogP contribution in [0.3, 0.4) is 0 Å². The maximum absolute atomic E-state index is 11.8. The Labute approximate surface area is 136 Å². The summed E-state index contributed by atoms with van der Waals surface area (Å²) < 4.78 is 5.12. The van der Waals surface area contributed by atoms with Crippen molar-refractivity contribution in [3.05, 3.63) is 64.1 Å².